The van der Waals surface area contributed by atoms with E-state index >= 15 is 0 Å². The van der Waals surface area contributed by atoms with Crippen LogP contribution in [-0.2, 0) is 4.74 Å². The molecule has 0 aliphatic carbocycles. The SMILES string of the molecule is CCC1(C)CNC(C(C)(C)C)CN1CCCCOC. The summed E-state index contributed by atoms with van der Waals surface area (Å²) in [5.41, 5.74) is 0.647. The highest BCUT2D eigenvalue weighted by atomic mass is 16.5. The van der Waals surface area contributed by atoms with Gasteiger partial charge in [-0.1, -0.05) is 27.7 Å². The lowest BCUT2D eigenvalue weighted by Gasteiger charge is -2.51. The molecule has 1 saturated heterocycles. The molecular formula is C16H34N2O. The normalized spacial score (nSPS) is 29.7. The highest BCUT2D eigenvalue weighted by Gasteiger charge is 2.39. The van der Waals surface area contributed by atoms with Gasteiger partial charge in [0.25, 0.3) is 0 Å². The summed E-state index contributed by atoms with van der Waals surface area (Å²) in [7, 11) is 1.79. The maximum atomic E-state index is 5.15. The first-order valence-corrected chi connectivity index (χ1v) is 7.81. The van der Waals surface area contributed by atoms with Crippen molar-refractivity contribution in [1.82, 2.24) is 10.2 Å². The maximum Gasteiger partial charge on any atom is 0.0462 e. The Bertz CT molecular complexity index is 262. The van der Waals surface area contributed by atoms with Crippen LogP contribution in [0.3, 0.4) is 0 Å². The van der Waals surface area contributed by atoms with Crippen molar-refractivity contribution in [3.63, 3.8) is 0 Å². The molecule has 0 radical (unpaired) electrons. The molecule has 1 aliphatic rings. The summed E-state index contributed by atoms with van der Waals surface area (Å²) in [5, 5.41) is 3.77. The van der Waals surface area contributed by atoms with E-state index in [-0.39, 0.29) is 0 Å². The molecule has 1 heterocycles. The van der Waals surface area contributed by atoms with Gasteiger partial charge in [0.2, 0.25) is 0 Å². The van der Waals surface area contributed by atoms with Crippen molar-refractivity contribution in [2.75, 3.05) is 33.4 Å². The largest absolute Gasteiger partial charge is 0.385 e. The lowest BCUT2D eigenvalue weighted by molar-refractivity contribution is 0.0197. The topological polar surface area (TPSA) is 24.5 Å². The zero-order valence-electron chi connectivity index (χ0n) is 13.9. The van der Waals surface area contributed by atoms with Gasteiger partial charge in [-0.2, -0.15) is 0 Å². The lowest BCUT2D eigenvalue weighted by Crippen LogP contribution is -2.65. The summed E-state index contributed by atoms with van der Waals surface area (Å²) in [6.07, 6.45) is 3.61. The third kappa shape index (κ3) is 4.73. The minimum Gasteiger partial charge on any atom is -0.385 e. The number of hydrogen-bond donors (Lipinski definition) is 1. The molecule has 0 saturated carbocycles. The predicted octanol–water partition coefficient (Wildman–Crippen LogP) is 2.90. The zero-order chi connectivity index (χ0) is 14.5. The van der Waals surface area contributed by atoms with Gasteiger partial charge in [0.1, 0.15) is 0 Å². The molecule has 2 atom stereocenters. The molecule has 3 nitrogen and oxygen atoms in total. The van der Waals surface area contributed by atoms with Gasteiger partial charge in [-0.3, -0.25) is 4.90 Å². The zero-order valence-corrected chi connectivity index (χ0v) is 13.9. The monoisotopic (exact) mass is 270 g/mol. The second kappa shape index (κ2) is 7.05. The average molecular weight is 270 g/mol. The van der Waals surface area contributed by atoms with E-state index in [1.165, 1.54) is 32.4 Å². The van der Waals surface area contributed by atoms with Gasteiger partial charge < -0.3 is 10.1 Å². The van der Waals surface area contributed by atoms with E-state index < -0.39 is 0 Å². The van der Waals surface area contributed by atoms with Crippen LogP contribution in [0.25, 0.3) is 0 Å². The van der Waals surface area contributed by atoms with Gasteiger partial charge in [0, 0.05) is 38.4 Å². The van der Waals surface area contributed by atoms with Crippen molar-refractivity contribution in [2.45, 2.75) is 65.5 Å². The molecule has 1 fully saturated rings. The molecule has 0 amide bonds. The summed E-state index contributed by atoms with van der Waals surface area (Å²) >= 11 is 0. The molecule has 0 aromatic rings. The fourth-order valence-corrected chi connectivity index (χ4v) is 2.80. The Kier molecular flexibility index (Phi) is 6.28. The van der Waals surface area contributed by atoms with Gasteiger partial charge in [-0.15, -0.1) is 0 Å². The van der Waals surface area contributed by atoms with Crippen LogP contribution in [-0.4, -0.2) is 49.8 Å². The standard InChI is InChI=1S/C16H34N2O/c1-7-16(5)13-17-14(15(2,3)4)12-18(16)10-8-9-11-19-6/h14,17H,7-13H2,1-6H3. The number of ether oxygens (including phenoxy) is 1. The Hall–Kier alpha value is -0.120. The summed E-state index contributed by atoms with van der Waals surface area (Å²) in [4.78, 5) is 2.70. The van der Waals surface area contributed by atoms with Crippen LogP contribution in [0.15, 0.2) is 0 Å². The Balaban J connectivity index is 2.58. The third-order valence-electron chi connectivity index (χ3n) is 4.73. The molecule has 19 heavy (non-hydrogen) atoms. The third-order valence-corrected chi connectivity index (χ3v) is 4.73. The van der Waals surface area contributed by atoms with Gasteiger partial charge in [0.15, 0.2) is 0 Å². The second-order valence-electron chi connectivity index (χ2n) is 7.30. The minimum atomic E-state index is 0.314. The van der Waals surface area contributed by atoms with Crippen LogP contribution in [0.2, 0.25) is 0 Å². The van der Waals surface area contributed by atoms with E-state index in [4.69, 9.17) is 4.74 Å². The summed E-state index contributed by atoms with van der Waals surface area (Å²) in [6, 6.07) is 0.592. The van der Waals surface area contributed by atoms with E-state index in [0.29, 0.717) is 17.0 Å². The van der Waals surface area contributed by atoms with E-state index in [0.717, 1.165) is 13.2 Å². The molecule has 2 unspecified atom stereocenters. The lowest BCUT2D eigenvalue weighted by atomic mass is 9.81. The van der Waals surface area contributed by atoms with Crippen LogP contribution in [0.5, 0.6) is 0 Å². The highest BCUT2D eigenvalue weighted by molar-refractivity contribution is 4.98. The van der Waals surface area contributed by atoms with E-state index in [1.54, 1.807) is 7.11 Å². The molecule has 0 aromatic carbocycles. The number of unbranched alkanes of at least 4 members (excludes halogenated alkanes) is 1. The van der Waals surface area contributed by atoms with Crippen LogP contribution in [0.4, 0.5) is 0 Å². The number of hydrogen-bond acceptors (Lipinski definition) is 3. The Morgan fingerprint density at radius 1 is 1.32 bits per heavy atom. The fourth-order valence-electron chi connectivity index (χ4n) is 2.80. The van der Waals surface area contributed by atoms with Crippen molar-refractivity contribution in [3.05, 3.63) is 0 Å². The van der Waals surface area contributed by atoms with Crippen molar-refractivity contribution in [2.24, 2.45) is 5.41 Å². The minimum absolute atomic E-state index is 0.314. The van der Waals surface area contributed by atoms with E-state index in [2.05, 4.69) is 44.8 Å². The molecule has 0 spiro atoms. The van der Waals surface area contributed by atoms with Crippen molar-refractivity contribution in [3.8, 4) is 0 Å². The summed E-state index contributed by atoms with van der Waals surface area (Å²) in [5.74, 6) is 0. The number of rotatable bonds is 6. The summed E-state index contributed by atoms with van der Waals surface area (Å²) in [6.45, 7) is 16.1. The quantitative estimate of drug-likeness (QED) is 0.751. The van der Waals surface area contributed by atoms with Gasteiger partial charge in [0.05, 0.1) is 0 Å². The van der Waals surface area contributed by atoms with Crippen LogP contribution in [0, 0.1) is 5.41 Å². The molecule has 1 aliphatic heterocycles. The molecule has 114 valence electrons. The summed E-state index contributed by atoms with van der Waals surface area (Å²) < 4.78 is 5.15. The van der Waals surface area contributed by atoms with Gasteiger partial charge in [-0.25, -0.2) is 0 Å². The van der Waals surface area contributed by atoms with Gasteiger partial charge >= 0.3 is 0 Å². The first-order valence-electron chi connectivity index (χ1n) is 7.81. The fraction of sp³-hybridized carbons (Fsp3) is 1.00. The number of nitrogens with zero attached hydrogens (tertiary/aromatic N) is 1. The molecule has 0 aromatic heterocycles. The maximum absolute atomic E-state index is 5.15. The predicted molar refractivity (Wildman–Crippen MR) is 82.6 cm³/mol. The van der Waals surface area contributed by atoms with Crippen LogP contribution >= 0.6 is 0 Å². The highest BCUT2D eigenvalue weighted by Crippen LogP contribution is 2.29. The van der Waals surface area contributed by atoms with E-state index in [1.807, 2.05) is 0 Å². The Morgan fingerprint density at radius 2 is 2.00 bits per heavy atom. The van der Waals surface area contributed by atoms with Crippen LogP contribution in [0.1, 0.15) is 53.9 Å². The Labute approximate surface area is 120 Å². The molecular weight excluding hydrogens is 236 g/mol. The molecule has 1 N–H and O–H groups in total. The second-order valence-corrected chi connectivity index (χ2v) is 7.30. The van der Waals surface area contributed by atoms with Crippen molar-refractivity contribution >= 4 is 0 Å². The Morgan fingerprint density at radius 3 is 2.53 bits per heavy atom. The number of nitrogens with one attached hydrogen (secondary N) is 1. The number of piperazine rings is 1. The molecule has 1 rings (SSSR count). The number of methoxy groups -OCH3 is 1. The van der Waals surface area contributed by atoms with Crippen molar-refractivity contribution < 1.29 is 4.74 Å². The van der Waals surface area contributed by atoms with E-state index in [9.17, 15) is 0 Å². The molecule has 0 bridgehead atoms. The molecule has 3 heteroatoms. The average Bonchev–Trinajstić information content (AvgIpc) is 2.35. The first-order chi connectivity index (χ1) is 8.83. The van der Waals surface area contributed by atoms with Crippen molar-refractivity contribution in [1.29, 1.82) is 0 Å². The van der Waals surface area contributed by atoms with Crippen LogP contribution < -0.4 is 5.32 Å². The van der Waals surface area contributed by atoms with Gasteiger partial charge in [-0.05, 0) is 38.1 Å². The smallest absolute Gasteiger partial charge is 0.0462 e. The first kappa shape index (κ1) is 16.9.